The highest BCUT2D eigenvalue weighted by Gasteiger charge is 2.47. The van der Waals surface area contributed by atoms with Crippen LogP contribution >= 0.6 is 0 Å². The molecule has 0 bridgehead atoms. The lowest BCUT2D eigenvalue weighted by Crippen LogP contribution is -2.43. The van der Waals surface area contributed by atoms with Gasteiger partial charge in [0.25, 0.3) is 5.91 Å². The number of hydrogen-bond acceptors (Lipinski definition) is 3. The molecule has 98 valence electrons. The van der Waals surface area contributed by atoms with Crippen LogP contribution in [0.15, 0.2) is 24.3 Å². The molecule has 0 saturated heterocycles. The molecule has 0 unspecified atom stereocenters. The molecule has 0 spiro atoms. The molecule has 1 aliphatic rings. The average molecular weight is 249 g/mol. The topological polar surface area (TPSA) is 47.6 Å². The van der Waals surface area contributed by atoms with E-state index in [1.165, 1.54) is 0 Å². The lowest BCUT2D eigenvalue weighted by Gasteiger charge is -2.26. The SMILES string of the molecule is COc1ccc(NC(=O)[C@@](C)(OC)C2CC2)cc1. The van der Waals surface area contributed by atoms with E-state index in [0.717, 1.165) is 24.3 Å². The smallest absolute Gasteiger partial charge is 0.256 e. The molecule has 18 heavy (non-hydrogen) atoms. The molecule has 1 aromatic rings. The Morgan fingerprint density at radius 3 is 2.33 bits per heavy atom. The Morgan fingerprint density at radius 1 is 1.28 bits per heavy atom. The molecule has 1 aliphatic carbocycles. The molecule has 2 rings (SSSR count). The largest absolute Gasteiger partial charge is 0.497 e. The number of nitrogens with one attached hydrogen (secondary N) is 1. The van der Waals surface area contributed by atoms with E-state index < -0.39 is 5.60 Å². The predicted octanol–water partition coefficient (Wildman–Crippen LogP) is 2.45. The molecule has 1 aromatic carbocycles. The molecule has 0 aromatic heterocycles. The monoisotopic (exact) mass is 249 g/mol. The number of methoxy groups -OCH3 is 2. The minimum atomic E-state index is -0.722. The van der Waals surface area contributed by atoms with Crippen molar-refractivity contribution in [2.24, 2.45) is 5.92 Å². The normalized spacial score (nSPS) is 17.9. The van der Waals surface area contributed by atoms with Gasteiger partial charge in [-0.3, -0.25) is 4.79 Å². The van der Waals surface area contributed by atoms with E-state index in [1.807, 2.05) is 31.2 Å². The summed E-state index contributed by atoms with van der Waals surface area (Å²) in [6.07, 6.45) is 2.11. The van der Waals surface area contributed by atoms with Gasteiger partial charge in [0.1, 0.15) is 11.4 Å². The van der Waals surface area contributed by atoms with Crippen LogP contribution in [-0.2, 0) is 9.53 Å². The summed E-state index contributed by atoms with van der Waals surface area (Å²) in [4.78, 5) is 12.2. The number of rotatable bonds is 5. The Morgan fingerprint density at radius 2 is 1.89 bits per heavy atom. The van der Waals surface area contributed by atoms with E-state index in [1.54, 1.807) is 14.2 Å². The maximum atomic E-state index is 12.2. The number of carbonyl (C=O) groups is 1. The van der Waals surface area contributed by atoms with Crippen LogP contribution in [0.1, 0.15) is 19.8 Å². The van der Waals surface area contributed by atoms with E-state index in [4.69, 9.17) is 9.47 Å². The van der Waals surface area contributed by atoms with Gasteiger partial charge in [0, 0.05) is 12.8 Å². The third kappa shape index (κ3) is 2.48. The fraction of sp³-hybridized carbons (Fsp3) is 0.500. The second-order valence-electron chi connectivity index (χ2n) is 4.77. The van der Waals surface area contributed by atoms with Gasteiger partial charge in [-0.25, -0.2) is 0 Å². The van der Waals surface area contributed by atoms with Gasteiger partial charge in [0.2, 0.25) is 0 Å². The summed E-state index contributed by atoms with van der Waals surface area (Å²) in [5.74, 6) is 1.02. The second kappa shape index (κ2) is 4.98. The first-order valence-electron chi connectivity index (χ1n) is 6.11. The third-order valence-corrected chi connectivity index (χ3v) is 3.58. The third-order valence-electron chi connectivity index (χ3n) is 3.58. The van der Waals surface area contributed by atoms with Gasteiger partial charge in [-0.15, -0.1) is 0 Å². The Labute approximate surface area is 107 Å². The number of amides is 1. The molecule has 1 atom stereocenters. The van der Waals surface area contributed by atoms with Crippen LogP contribution in [0.2, 0.25) is 0 Å². The molecule has 0 aliphatic heterocycles. The van der Waals surface area contributed by atoms with Crippen LogP contribution in [0.3, 0.4) is 0 Å². The fourth-order valence-corrected chi connectivity index (χ4v) is 2.01. The Kier molecular flexibility index (Phi) is 3.57. The molecule has 0 heterocycles. The molecule has 1 N–H and O–H groups in total. The van der Waals surface area contributed by atoms with Crippen molar-refractivity contribution >= 4 is 11.6 Å². The van der Waals surface area contributed by atoms with Crippen molar-refractivity contribution < 1.29 is 14.3 Å². The Balaban J connectivity index is 2.05. The van der Waals surface area contributed by atoms with E-state index in [-0.39, 0.29) is 5.91 Å². The number of carbonyl (C=O) groups excluding carboxylic acids is 1. The highest BCUT2D eigenvalue weighted by Crippen LogP contribution is 2.42. The number of anilines is 1. The van der Waals surface area contributed by atoms with Crippen LogP contribution in [-0.4, -0.2) is 25.7 Å². The van der Waals surface area contributed by atoms with Crippen molar-refractivity contribution in [3.05, 3.63) is 24.3 Å². The summed E-state index contributed by atoms with van der Waals surface area (Å²) in [6, 6.07) is 7.27. The van der Waals surface area contributed by atoms with E-state index in [2.05, 4.69) is 5.32 Å². The summed E-state index contributed by atoms with van der Waals surface area (Å²) < 4.78 is 10.5. The Hall–Kier alpha value is -1.55. The average Bonchev–Trinajstić information content (AvgIpc) is 3.23. The van der Waals surface area contributed by atoms with Crippen molar-refractivity contribution in [2.45, 2.75) is 25.4 Å². The first-order valence-corrected chi connectivity index (χ1v) is 6.11. The standard InChI is InChI=1S/C14H19NO3/c1-14(18-3,10-4-5-10)13(16)15-11-6-8-12(17-2)9-7-11/h6-10H,4-5H2,1-3H3,(H,15,16)/t14-/m0/s1. The van der Waals surface area contributed by atoms with Crippen molar-refractivity contribution in [2.75, 3.05) is 19.5 Å². The molecule has 1 fully saturated rings. The highest BCUT2D eigenvalue weighted by atomic mass is 16.5. The van der Waals surface area contributed by atoms with Crippen LogP contribution < -0.4 is 10.1 Å². The molecule has 4 nitrogen and oxygen atoms in total. The van der Waals surface area contributed by atoms with Crippen LogP contribution in [0, 0.1) is 5.92 Å². The van der Waals surface area contributed by atoms with Gasteiger partial charge in [-0.2, -0.15) is 0 Å². The second-order valence-corrected chi connectivity index (χ2v) is 4.77. The first kappa shape index (κ1) is 12.9. The predicted molar refractivity (Wildman–Crippen MR) is 69.8 cm³/mol. The van der Waals surface area contributed by atoms with Gasteiger partial charge in [0.05, 0.1) is 7.11 Å². The quantitative estimate of drug-likeness (QED) is 0.872. The number of benzene rings is 1. The number of ether oxygens (including phenoxy) is 2. The first-order chi connectivity index (χ1) is 8.60. The van der Waals surface area contributed by atoms with Crippen LogP contribution in [0.4, 0.5) is 5.69 Å². The maximum Gasteiger partial charge on any atom is 0.256 e. The van der Waals surface area contributed by atoms with Crippen molar-refractivity contribution in [1.29, 1.82) is 0 Å². The molecular formula is C14H19NO3. The zero-order valence-corrected chi connectivity index (χ0v) is 11.0. The van der Waals surface area contributed by atoms with Crippen molar-refractivity contribution in [3.8, 4) is 5.75 Å². The summed E-state index contributed by atoms with van der Waals surface area (Å²) >= 11 is 0. The summed E-state index contributed by atoms with van der Waals surface area (Å²) in [5.41, 5.74) is 0.0321. The van der Waals surface area contributed by atoms with Gasteiger partial charge < -0.3 is 14.8 Å². The lowest BCUT2D eigenvalue weighted by atomic mass is 9.99. The zero-order chi connectivity index (χ0) is 13.2. The number of hydrogen-bond donors (Lipinski definition) is 1. The van der Waals surface area contributed by atoms with Crippen LogP contribution in [0.25, 0.3) is 0 Å². The van der Waals surface area contributed by atoms with E-state index in [9.17, 15) is 4.79 Å². The van der Waals surface area contributed by atoms with Gasteiger partial charge in [0.15, 0.2) is 0 Å². The molecular weight excluding hydrogens is 230 g/mol. The summed E-state index contributed by atoms with van der Waals surface area (Å²) in [5, 5.41) is 2.89. The zero-order valence-electron chi connectivity index (χ0n) is 11.0. The van der Waals surface area contributed by atoms with Gasteiger partial charge in [-0.05, 0) is 49.9 Å². The van der Waals surface area contributed by atoms with Crippen molar-refractivity contribution in [3.63, 3.8) is 0 Å². The lowest BCUT2D eigenvalue weighted by molar-refractivity contribution is -0.138. The van der Waals surface area contributed by atoms with Crippen molar-refractivity contribution in [1.82, 2.24) is 0 Å². The van der Waals surface area contributed by atoms with E-state index >= 15 is 0 Å². The summed E-state index contributed by atoms with van der Waals surface area (Å²) in [7, 11) is 3.20. The minimum Gasteiger partial charge on any atom is -0.497 e. The molecule has 1 saturated carbocycles. The Bertz CT molecular complexity index is 425. The van der Waals surface area contributed by atoms with Crippen LogP contribution in [0.5, 0.6) is 5.75 Å². The van der Waals surface area contributed by atoms with Gasteiger partial charge >= 0.3 is 0 Å². The molecule has 4 heteroatoms. The van der Waals surface area contributed by atoms with E-state index in [0.29, 0.717) is 5.92 Å². The molecule has 1 amide bonds. The summed E-state index contributed by atoms with van der Waals surface area (Å²) in [6.45, 7) is 1.85. The van der Waals surface area contributed by atoms with Gasteiger partial charge in [-0.1, -0.05) is 0 Å². The molecule has 0 radical (unpaired) electrons. The minimum absolute atomic E-state index is 0.0855. The maximum absolute atomic E-state index is 12.2. The highest BCUT2D eigenvalue weighted by molar-refractivity contribution is 5.97. The fourth-order valence-electron chi connectivity index (χ4n) is 2.01.